The molecule has 1 amide bonds. The summed E-state index contributed by atoms with van der Waals surface area (Å²) in [5.41, 5.74) is -0.112. The molecular weight excluding hydrogens is 385 g/mol. The fraction of sp³-hybridized carbons (Fsp3) is 0.176. The van der Waals surface area contributed by atoms with E-state index in [0.717, 1.165) is 0 Å². The third-order valence-electron chi connectivity index (χ3n) is 3.44. The summed E-state index contributed by atoms with van der Waals surface area (Å²) < 4.78 is 63.9. The Morgan fingerprint density at radius 3 is 2.15 bits per heavy atom. The van der Waals surface area contributed by atoms with Gasteiger partial charge < -0.3 is 5.32 Å². The number of sulfonamides is 1. The molecule has 0 bridgehead atoms. The molecule has 0 atom stereocenters. The highest BCUT2D eigenvalue weighted by Gasteiger charge is 2.28. The molecule has 0 heterocycles. The molecule has 144 valence electrons. The Bertz CT molecular complexity index is 955. The maximum Gasteiger partial charge on any atom is 0.405 e. The van der Waals surface area contributed by atoms with Crippen LogP contribution in [0.1, 0.15) is 27.6 Å². The van der Waals surface area contributed by atoms with E-state index in [9.17, 15) is 31.2 Å². The van der Waals surface area contributed by atoms with E-state index in [1.807, 2.05) is 0 Å². The fourth-order valence-corrected chi connectivity index (χ4v) is 3.20. The lowest BCUT2D eigenvalue weighted by Gasteiger charge is -2.13. The zero-order chi connectivity index (χ0) is 20.2. The van der Waals surface area contributed by atoms with E-state index in [-0.39, 0.29) is 21.9 Å². The van der Waals surface area contributed by atoms with E-state index in [2.05, 4.69) is 4.72 Å². The average molecular weight is 400 g/mol. The van der Waals surface area contributed by atoms with Crippen molar-refractivity contribution in [3.8, 4) is 0 Å². The van der Waals surface area contributed by atoms with Crippen molar-refractivity contribution in [2.24, 2.45) is 0 Å². The summed E-state index contributed by atoms with van der Waals surface area (Å²) in [5.74, 6) is -1.31. The monoisotopic (exact) mass is 400 g/mol. The number of carbonyl (C=O) groups is 2. The summed E-state index contributed by atoms with van der Waals surface area (Å²) in [6.45, 7) is -0.211. The number of nitrogens with one attached hydrogen (secondary N) is 2. The zero-order valence-corrected chi connectivity index (χ0v) is 14.8. The summed E-state index contributed by atoms with van der Waals surface area (Å²) in [4.78, 5) is 23.1. The van der Waals surface area contributed by atoms with E-state index in [4.69, 9.17) is 0 Å². The molecule has 0 aliphatic heterocycles. The maximum absolute atomic E-state index is 12.5. The van der Waals surface area contributed by atoms with Crippen molar-refractivity contribution in [1.82, 2.24) is 5.32 Å². The Morgan fingerprint density at radius 1 is 1.00 bits per heavy atom. The van der Waals surface area contributed by atoms with Gasteiger partial charge in [-0.3, -0.25) is 14.3 Å². The number of benzene rings is 2. The van der Waals surface area contributed by atoms with Gasteiger partial charge in [-0.05, 0) is 31.2 Å². The zero-order valence-electron chi connectivity index (χ0n) is 14.0. The molecule has 0 aliphatic carbocycles. The molecule has 10 heteroatoms. The second-order valence-electron chi connectivity index (χ2n) is 5.53. The van der Waals surface area contributed by atoms with Crippen molar-refractivity contribution in [1.29, 1.82) is 0 Å². The third kappa shape index (κ3) is 5.55. The van der Waals surface area contributed by atoms with Crippen LogP contribution in [0.15, 0.2) is 53.4 Å². The van der Waals surface area contributed by atoms with E-state index < -0.39 is 28.7 Å². The first-order valence-electron chi connectivity index (χ1n) is 7.57. The minimum atomic E-state index is -4.59. The predicted molar refractivity (Wildman–Crippen MR) is 92.1 cm³/mol. The van der Waals surface area contributed by atoms with Gasteiger partial charge in [-0.1, -0.05) is 24.3 Å². The van der Waals surface area contributed by atoms with Crippen LogP contribution < -0.4 is 10.0 Å². The molecule has 2 aromatic carbocycles. The molecule has 2 rings (SSSR count). The minimum absolute atomic E-state index is 0.169. The van der Waals surface area contributed by atoms with Gasteiger partial charge in [0.1, 0.15) is 6.54 Å². The van der Waals surface area contributed by atoms with Crippen LogP contribution in [0.3, 0.4) is 0 Å². The first-order chi connectivity index (χ1) is 12.5. The molecule has 2 N–H and O–H groups in total. The lowest BCUT2D eigenvalue weighted by Crippen LogP contribution is -2.34. The van der Waals surface area contributed by atoms with Gasteiger partial charge in [0.25, 0.3) is 15.9 Å². The van der Waals surface area contributed by atoms with Crippen LogP contribution in [0.4, 0.5) is 18.9 Å². The number of alkyl halides is 3. The van der Waals surface area contributed by atoms with Gasteiger partial charge in [-0.25, -0.2) is 8.42 Å². The van der Waals surface area contributed by atoms with Gasteiger partial charge in [0.15, 0.2) is 5.78 Å². The number of amides is 1. The molecule has 0 fully saturated rings. The third-order valence-corrected chi connectivity index (χ3v) is 4.82. The number of hydrogen-bond donors (Lipinski definition) is 2. The molecule has 0 radical (unpaired) electrons. The van der Waals surface area contributed by atoms with Crippen molar-refractivity contribution in [3.63, 3.8) is 0 Å². The molecule has 2 aromatic rings. The Balaban J connectivity index is 2.26. The lowest BCUT2D eigenvalue weighted by atomic mass is 10.1. The number of carbonyl (C=O) groups excluding carboxylic acids is 2. The summed E-state index contributed by atoms with van der Waals surface area (Å²) >= 11 is 0. The molecule has 6 nitrogen and oxygen atoms in total. The number of para-hydroxylation sites is 1. The first kappa shape index (κ1) is 20.4. The molecule has 0 spiro atoms. The van der Waals surface area contributed by atoms with Crippen LogP contribution in [0.2, 0.25) is 0 Å². The number of Topliss-reactive ketones (excluding diaryl/α,β-unsaturated/α-hetero) is 1. The predicted octanol–water partition coefficient (Wildman–Crippen LogP) is 2.98. The van der Waals surface area contributed by atoms with Crippen molar-refractivity contribution >= 4 is 27.4 Å². The average Bonchev–Trinajstić information content (AvgIpc) is 2.59. The normalized spacial score (nSPS) is 11.7. The summed E-state index contributed by atoms with van der Waals surface area (Å²) in [5, 5.41) is 1.69. The number of rotatable bonds is 6. The van der Waals surface area contributed by atoms with Crippen LogP contribution in [0, 0.1) is 0 Å². The summed E-state index contributed by atoms with van der Waals surface area (Å²) in [6.07, 6.45) is -4.59. The number of hydrogen-bond acceptors (Lipinski definition) is 4. The molecule has 0 aromatic heterocycles. The van der Waals surface area contributed by atoms with E-state index >= 15 is 0 Å². The van der Waals surface area contributed by atoms with Gasteiger partial charge in [0, 0.05) is 5.56 Å². The van der Waals surface area contributed by atoms with E-state index in [0.29, 0.717) is 5.56 Å². The van der Waals surface area contributed by atoms with Crippen LogP contribution >= 0.6 is 0 Å². The van der Waals surface area contributed by atoms with Crippen LogP contribution in [-0.2, 0) is 10.0 Å². The van der Waals surface area contributed by atoms with Gasteiger partial charge in [0.05, 0.1) is 16.1 Å². The largest absolute Gasteiger partial charge is 0.405 e. The molecule has 0 saturated heterocycles. The van der Waals surface area contributed by atoms with Gasteiger partial charge in [-0.2, -0.15) is 13.2 Å². The summed E-state index contributed by atoms with van der Waals surface area (Å²) in [6, 6.07) is 10.4. The molecule has 0 aliphatic rings. The molecule has 27 heavy (non-hydrogen) atoms. The lowest BCUT2D eigenvalue weighted by molar-refractivity contribution is -0.123. The minimum Gasteiger partial charge on any atom is -0.343 e. The van der Waals surface area contributed by atoms with Crippen molar-refractivity contribution < 1.29 is 31.2 Å². The Hall–Kier alpha value is -2.88. The topological polar surface area (TPSA) is 92.3 Å². The highest BCUT2D eigenvalue weighted by Crippen LogP contribution is 2.21. The highest BCUT2D eigenvalue weighted by atomic mass is 32.2. The van der Waals surface area contributed by atoms with Crippen LogP contribution in [0.5, 0.6) is 0 Å². The smallest absolute Gasteiger partial charge is 0.343 e. The van der Waals surface area contributed by atoms with Crippen LogP contribution in [0.25, 0.3) is 0 Å². The van der Waals surface area contributed by atoms with Gasteiger partial charge in [-0.15, -0.1) is 0 Å². The highest BCUT2D eigenvalue weighted by molar-refractivity contribution is 7.92. The van der Waals surface area contributed by atoms with E-state index in [1.54, 1.807) is 5.32 Å². The van der Waals surface area contributed by atoms with Gasteiger partial charge >= 0.3 is 6.18 Å². The van der Waals surface area contributed by atoms with Crippen LogP contribution in [-0.4, -0.2) is 32.8 Å². The van der Waals surface area contributed by atoms with Crippen molar-refractivity contribution in [3.05, 3.63) is 59.7 Å². The summed E-state index contributed by atoms with van der Waals surface area (Å²) in [7, 11) is -4.12. The standard InChI is InChI=1S/C17H15F3N2O4S/c1-11(23)12-6-8-13(9-7-12)27(25,26)22-15-5-3-2-4-14(15)16(24)21-10-17(18,19)20/h2-9,22H,10H2,1H3,(H,21,24). The number of anilines is 1. The maximum atomic E-state index is 12.5. The fourth-order valence-electron chi connectivity index (χ4n) is 2.12. The van der Waals surface area contributed by atoms with Crippen molar-refractivity contribution in [2.45, 2.75) is 18.0 Å². The number of halogens is 3. The SMILES string of the molecule is CC(=O)c1ccc(S(=O)(=O)Nc2ccccc2C(=O)NCC(F)(F)F)cc1. The first-order valence-corrected chi connectivity index (χ1v) is 9.06. The second-order valence-corrected chi connectivity index (χ2v) is 7.21. The van der Waals surface area contributed by atoms with Crippen molar-refractivity contribution in [2.75, 3.05) is 11.3 Å². The number of ketones is 1. The molecule has 0 unspecified atom stereocenters. The Morgan fingerprint density at radius 2 is 1.59 bits per heavy atom. The van der Waals surface area contributed by atoms with E-state index in [1.165, 1.54) is 55.5 Å². The van der Waals surface area contributed by atoms with Gasteiger partial charge in [0.2, 0.25) is 0 Å². The Kier molecular flexibility index (Phi) is 5.89. The second kappa shape index (κ2) is 7.78. The molecular formula is C17H15F3N2O4S. The Labute approximate surface area is 153 Å². The molecule has 0 saturated carbocycles. The quantitative estimate of drug-likeness (QED) is 0.730.